The Balaban J connectivity index is 2.34. The molecule has 0 unspecified atom stereocenters. The van der Waals surface area contributed by atoms with Crippen molar-refractivity contribution in [2.75, 3.05) is 6.61 Å². The Morgan fingerprint density at radius 2 is 2.22 bits per heavy atom. The summed E-state index contributed by atoms with van der Waals surface area (Å²) in [6.45, 7) is 4.49. The number of hydrogen-bond donors (Lipinski definition) is 0. The van der Waals surface area contributed by atoms with Gasteiger partial charge in [-0.25, -0.2) is 0 Å². The van der Waals surface area contributed by atoms with Gasteiger partial charge in [-0.05, 0) is 19.4 Å². The zero-order valence-electron chi connectivity index (χ0n) is 12.6. The van der Waals surface area contributed by atoms with Crippen molar-refractivity contribution >= 4 is 5.97 Å². The number of carbonyl (C=O) groups is 1. The summed E-state index contributed by atoms with van der Waals surface area (Å²) in [5.41, 5.74) is 8.69. The molecule has 12 heteroatoms. The number of hydrogen-bond acceptors (Lipinski definition) is 9. The first kappa shape index (κ1) is 17.2. The fraction of sp³-hybridized carbons (Fsp3) is 0.909. The highest BCUT2D eigenvalue weighted by atomic mass is 17.0. The van der Waals surface area contributed by atoms with Crippen LogP contribution in [-0.2, 0) is 28.6 Å². The molecule has 0 N–H and O–H groups in total. The number of carbonyl (C=O) groups excluding carboxylic acids is 1. The standard InChI is InChI=1S/C11H16N4O8/c1-5(16)20-9-7(13-14-12)10(23-15(17)18)21-6-4-19-11(2,3)22-8(6)9/h6-10H,4H2,1-3H3/t6-,7-,8-,9-,10+/m1/s1. The van der Waals surface area contributed by atoms with Gasteiger partial charge in [-0.15, -0.1) is 10.1 Å². The van der Waals surface area contributed by atoms with Crippen molar-refractivity contribution in [2.24, 2.45) is 5.11 Å². The minimum Gasteiger partial charge on any atom is -0.459 e. The molecule has 128 valence electrons. The second kappa shape index (κ2) is 6.54. The van der Waals surface area contributed by atoms with Crippen LogP contribution in [0.3, 0.4) is 0 Å². The van der Waals surface area contributed by atoms with Gasteiger partial charge in [0.1, 0.15) is 24.4 Å². The van der Waals surface area contributed by atoms with E-state index in [0.717, 1.165) is 6.92 Å². The predicted octanol–water partition coefficient (Wildman–Crippen LogP) is 0.682. The second-order valence-corrected chi connectivity index (χ2v) is 5.43. The van der Waals surface area contributed by atoms with Crippen LogP contribution in [0.5, 0.6) is 0 Å². The Morgan fingerprint density at radius 1 is 1.52 bits per heavy atom. The lowest BCUT2D eigenvalue weighted by atomic mass is 9.95. The minimum atomic E-state index is -1.54. The topological polar surface area (TPSA) is 155 Å². The first-order valence-electron chi connectivity index (χ1n) is 6.73. The van der Waals surface area contributed by atoms with Crippen LogP contribution in [0.1, 0.15) is 20.8 Å². The maximum Gasteiger partial charge on any atom is 0.303 e. The zero-order chi connectivity index (χ0) is 17.2. The number of rotatable bonds is 4. The summed E-state index contributed by atoms with van der Waals surface area (Å²) in [5.74, 6) is -1.65. The monoisotopic (exact) mass is 332 g/mol. The molecular formula is C11H16N4O8. The maximum atomic E-state index is 11.4. The average molecular weight is 332 g/mol. The van der Waals surface area contributed by atoms with Crippen molar-refractivity contribution in [1.82, 2.24) is 0 Å². The molecule has 2 aliphatic heterocycles. The molecule has 2 fully saturated rings. The van der Waals surface area contributed by atoms with Gasteiger partial charge in [0, 0.05) is 11.8 Å². The van der Waals surface area contributed by atoms with Crippen molar-refractivity contribution in [1.29, 1.82) is 0 Å². The van der Waals surface area contributed by atoms with Crippen LogP contribution in [0.25, 0.3) is 10.4 Å². The van der Waals surface area contributed by atoms with Gasteiger partial charge in [0.15, 0.2) is 5.79 Å². The van der Waals surface area contributed by atoms with Gasteiger partial charge in [0.2, 0.25) is 6.29 Å². The summed E-state index contributed by atoms with van der Waals surface area (Å²) in [6.07, 6.45) is -4.28. The molecule has 2 aliphatic rings. The Kier molecular flexibility index (Phi) is 4.90. The second-order valence-electron chi connectivity index (χ2n) is 5.43. The van der Waals surface area contributed by atoms with E-state index in [1.807, 2.05) is 0 Å². The predicted molar refractivity (Wildman–Crippen MR) is 70.1 cm³/mol. The van der Waals surface area contributed by atoms with Gasteiger partial charge < -0.3 is 18.9 Å². The number of ether oxygens (including phenoxy) is 4. The van der Waals surface area contributed by atoms with Crippen LogP contribution in [0.15, 0.2) is 5.11 Å². The van der Waals surface area contributed by atoms with Gasteiger partial charge in [0.25, 0.3) is 5.09 Å². The number of nitrogens with zero attached hydrogens (tertiary/aromatic N) is 4. The molecule has 0 aromatic heterocycles. The molecule has 5 atom stereocenters. The summed E-state index contributed by atoms with van der Waals surface area (Å²) in [4.78, 5) is 29.0. The third kappa shape index (κ3) is 3.99. The fourth-order valence-electron chi connectivity index (χ4n) is 2.49. The molecule has 0 spiro atoms. The van der Waals surface area contributed by atoms with Gasteiger partial charge in [-0.3, -0.25) is 9.63 Å². The van der Waals surface area contributed by atoms with E-state index in [1.165, 1.54) is 0 Å². The van der Waals surface area contributed by atoms with E-state index in [4.69, 9.17) is 24.5 Å². The lowest BCUT2D eigenvalue weighted by Crippen LogP contribution is -2.65. The van der Waals surface area contributed by atoms with Crippen molar-refractivity contribution in [3.05, 3.63) is 20.6 Å². The van der Waals surface area contributed by atoms with Crippen LogP contribution in [0, 0.1) is 10.1 Å². The molecule has 23 heavy (non-hydrogen) atoms. The van der Waals surface area contributed by atoms with E-state index in [1.54, 1.807) is 13.8 Å². The summed E-state index contributed by atoms with van der Waals surface area (Å²) in [5, 5.41) is 12.9. The summed E-state index contributed by atoms with van der Waals surface area (Å²) in [7, 11) is 0. The highest BCUT2D eigenvalue weighted by molar-refractivity contribution is 5.66. The number of esters is 1. The van der Waals surface area contributed by atoms with E-state index < -0.39 is 47.5 Å². The van der Waals surface area contributed by atoms with Gasteiger partial charge in [-0.1, -0.05) is 5.11 Å². The summed E-state index contributed by atoms with van der Waals surface area (Å²) < 4.78 is 21.7. The van der Waals surface area contributed by atoms with Gasteiger partial charge in [0.05, 0.1) is 6.61 Å². The first-order valence-corrected chi connectivity index (χ1v) is 6.73. The number of fused-ring (bicyclic) bond motifs is 1. The van der Waals surface area contributed by atoms with E-state index >= 15 is 0 Å². The molecular weight excluding hydrogens is 316 g/mol. The van der Waals surface area contributed by atoms with Crippen molar-refractivity contribution in [2.45, 2.75) is 57.2 Å². The van der Waals surface area contributed by atoms with E-state index in [9.17, 15) is 14.9 Å². The lowest BCUT2D eigenvalue weighted by molar-refractivity contribution is -0.784. The first-order chi connectivity index (χ1) is 10.7. The third-order valence-corrected chi connectivity index (χ3v) is 3.31. The highest BCUT2D eigenvalue weighted by Gasteiger charge is 2.53. The van der Waals surface area contributed by atoms with E-state index in [-0.39, 0.29) is 6.61 Å². The average Bonchev–Trinajstić information content (AvgIpc) is 2.41. The van der Waals surface area contributed by atoms with Crippen LogP contribution < -0.4 is 0 Å². The Hall–Kier alpha value is -2.14. The Morgan fingerprint density at radius 3 is 2.78 bits per heavy atom. The van der Waals surface area contributed by atoms with Crippen LogP contribution in [-0.4, -0.2) is 54.1 Å². The molecule has 0 bridgehead atoms. The molecule has 12 nitrogen and oxygen atoms in total. The largest absolute Gasteiger partial charge is 0.459 e. The number of azide groups is 1. The molecule has 0 aromatic carbocycles. The molecule has 0 aromatic rings. The fourth-order valence-corrected chi connectivity index (χ4v) is 2.49. The normalized spacial score (nSPS) is 35.3. The zero-order valence-corrected chi connectivity index (χ0v) is 12.6. The van der Waals surface area contributed by atoms with Crippen molar-refractivity contribution in [3.63, 3.8) is 0 Å². The van der Waals surface area contributed by atoms with E-state index in [0.29, 0.717) is 0 Å². The van der Waals surface area contributed by atoms with E-state index in [2.05, 4.69) is 14.9 Å². The third-order valence-electron chi connectivity index (χ3n) is 3.31. The summed E-state index contributed by atoms with van der Waals surface area (Å²) >= 11 is 0. The minimum absolute atomic E-state index is 0.0377. The van der Waals surface area contributed by atoms with Crippen LogP contribution >= 0.6 is 0 Å². The van der Waals surface area contributed by atoms with Crippen molar-refractivity contribution < 1.29 is 33.7 Å². The van der Waals surface area contributed by atoms with Crippen LogP contribution in [0.2, 0.25) is 0 Å². The molecule has 0 radical (unpaired) electrons. The lowest BCUT2D eigenvalue weighted by Gasteiger charge is -2.49. The molecule has 0 aliphatic carbocycles. The van der Waals surface area contributed by atoms with Crippen LogP contribution in [0.4, 0.5) is 0 Å². The Bertz CT molecular complexity index is 534. The Labute approximate surface area is 130 Å². The molecule has 2 heterocycles. The SMILES string of the molecule is CC(=O)O[C@@H]1[C@@H](N=[N+]=[N-])[C@H](O[N+](=O)[O-])O[C@@H]2COC(C)(C)O[C@@H]12. The highest BCUT2D eigenvalue weighted by Crippen LogP contribution is 2.35. The molecule has 2 saturated heterocycles. The summed E-state index contributed by atoms with van der Waals surface area (Å²) in [6, 6.07) is -1.29. The van der Waals surface area contributed by atoms with Crippen molar-refractivity contribution in [3.8, 4) is 0 Å². The molecule has 0 amide bonds. The smallest absolute Gasteiger partial charge is 0.303 e. The molecule has 0 saturated carbocycles. The molecule has 2 rings (SSSR count). The van der Waals surface area contributed by atoms with Gasteiger partial charge >= 0.3 is 5.97 Å². The quantitative estimate of drug-likeness (QED) is 0.182. The van der Waals surface area contributed by atoms with Gasteiger partial charge in [-0.2, -0.15) is 0 Å². The maximum absolute atomic E-state index is 11.4.